The van der Waals surface area contributed by atoms with E-state index in [1.807, 2.05) is 18.7 Å². The first-order valence-corrected chi connectivity index (χ1v) is 9.83. The summed E-state index contributed by atoms with van der Waals surface area (Å²) in [5, 5.41) is 0. The molecule has 0 saturated carbocycles. The molecule has 0 amide bonds. The van der Waals surface area contributed by atoms with E-state index in [0.29, 0.717) is 0 Å². The maximum atomic E-state index is 11.3. The van der Waals surface area contributed by atoms with Gasteiger partial charge in [-0.05, 0) is 63.6 Å². The normalized spacial score (nSPS) is 20.6. The minimum Gasteiger partial charge on any atom is -0.233 e. The molecule has 0 aromatic heterocycles. The summed E-state index contributed by atoms with van der Waals surface area (Å²) in [6.07, 6.45) is 5.42. The smallest absolute Gasteiger partial charge is 0.129 e. The summed E-state index contributed by atoms with van der Waals surface area (Å²) in [5.74, 6) is 3.47. The van der Waals surface area contributed by atoms with E-state index in [9.17, 15) is 4.79 Å². The van der Waals surface area contributed by atoms with Crippen molar-refractivity contribution in [1.82, 2.24) is 0 Å². The Balaban J connectivity index is 1.80. The van der Waals surface area contributed by atoms with Crippen molar-refractivity contribution in [2.45, 2.75) is 37.5 Å². The first-order valence-electron chi connectivity index (χ1n) is 8.85. The number of rotatable bonds is 1. The van der Waals surface area contributed by atoms with Crippen LogP contribution in [0, 0.1) is 5.92 Å². The summed E-state index contributed by atoms with van der Waals surface area (Å²) in [6.45, 7) is 6.72. The monoisotopic (exact) mass is 346 g/mol. The number of carbonyl (C=O) groups excluding carboxylic acids is 1. The lowest BCUT2D eigenvalue weighted by Gasteiger charge is -2.32. The fourth-order valence-corrected chi connectivity index (χ4v) is 5.27. The molecule has 1 heterocycles. The molecule has 1 unspecified atom stereocenters. The fraction of sp³-hybridized carbons (Fsp3) is 0.304. The molecule has 0 saturated heterocycles. The third kappa shape index (κ3) is 2.80. The summed E-state index contributed by atoms with van der Waals surface area (Å²) < 4.78 is 0. The lowest BCUT2D eigenvalue weighted by Crippen LogP contribution is -2.22. The Morgan fingerprint density at radius 3 is 2.68 bits per heavy atom. The molecule has 2 aliphatic rings. The van der Waals surface area contributed by atoms with Gasteiger partial charge in [0, 0.05) is 10.8 Å². The molecule has 0 bridgehead atoms. The van der Waals surface area contributed by atoms with Gasteiger partial charge in [-0.25, -0.2) is 4.79 Å². The molecule has 1 aliphatic heterocycles. The minimum absolute atomic E-state index is 0.136. The van der Waals surface area contributed by atoms with Crippen molar-refractivity contribution < 1.29 is 4.79 Å². The highest BCUT2D eigenvalue weighted by Gasteiger charge is 2.28. The summed E-state index contributed by atoms with van der Waals surface area (Å²) in [5.41, 5.74) is 7.03. The lowest BCUT2D eigenvalue weighted by atomic mass is 9.80. The summed E-state index contributed by atoms with van der Waals surface area (Å²) in [4.78, 5) is 12.7. The van der Waals surface area contributed by atoms with Crippen LogP contribution in [0.15, 0.2) is 47.4 Å². The van der Waals surface area contributed by atoms with Crippen molar-refractivity contribution >= 4 is 29.4 Å². The van der Waals surface area contributed by atoms with Crippen LogP contribution in [-0.4, -0.2) is 11.7 Å². The summed E-state index contributed by atoms with van der Waals surface area (Å²) >= 11 is 1.96. The van der Waals surface area contributed by atoms with Gasteiger partial charge in [-0.2, -0.15) is 0 Å². The largest absolute Gasteiger partial charge is 0.233 e. The topological polar surface area (TPSA) is 17.1 Å². The lowest BCUT2D eigenvalue weighted by molar-refractivity contribution is 0.494. The number of thioether (sulfide) groups is 1. The quantitative estimate of drug-likeness (QED) is 0.589. The molecular formula is C23H22OS. The van der Waals surface area contributed by atoms with Crippen molar-refractivity contribution in [2.75, 3.05) is 5.75 Å². The molecule has 1 nitrogen and oxygen atoms in total. The van der Waals surface area contributed by atoms with Gasteiger partial charge in [0.15, 0.2) is 0 Å². The zero-order chi connectivity index (χ0) is 17.6. The first kappa shape index (κ1) is 16.4. The van der Waals surface area contributed by atoms with E-state index in [1.54, 1.807) is 0 Å². The predicted octanol–water partition coefficient (Wildman–Crippen LogP) is 6.00. The molecule has 4 rings (SSSR count). The van der Waals surface area contributed by atoms with Gasteiger partial charge in [-0.3, -0.25) is 0 Å². The van der Waals surface area contributed by atoms with Gasteiger partial charge in [0.1, 0.15) is 5.94 Å². The zero-order valence-corrected chi connectivity index (χ0v) is 15.7. The van der Waals surface area contributed by atoms with Gasteiger partial charge in [-0.15, -0.1) is 11.8 Å². The molecule has 1 aliphatic carbocycles. The Kier molecular flexibility index (Phi) is 3.98. The van der Waals surface area contributed by atoms with E-state index < -0.39 is 0 Å². The van der Waals surface area contributed by atoms with Gasteiger partial charge in [-0.1, -0.05) is 51.1 Å². The van der Waals surface area contributed by atoms with Gasteiger partial charge in [0.05, 0.1) is 5.57 Å². The summed E-state index contributed by atoms with van der Waals surface area (Å²) in [7, 11) is 0. The highest BCUT2D eigenvalue weighted by Crippen LogP contribution is 2.43. The Labute approximate surface area is 153 Å². The molecule has 2 aromatic carbocycles. The maximum Gasteiger partial charge on any atom is 0.129 e. The van der Waals surface area contributed by atoms with Crippen LogP contribution < -0.4 is 0 Å². The standard InChI is InChI=1S/C23H22OS/c1-15-4-5-18-12-16(6-8-19(18)20(15)14-24)17-7-9-22-21(13-17)23(2,3)10-11-25-22/h4-9,12-13,15H,10-11H2,1-3H3. The average molecular weight is 346 g/mol. The number of fused-ring (bicyclic) bond motifs is 2. The fourth-order valence-electron chi connectivity index (χ4n) is 3.78. The van der Waals surface area contributed by atoms with Crippen molar-refractivity contribution in [3.63, 3.8) is 0 Å². The summed E-state index contributed by atoms with van der Waals surface area (Å²) in [6, 6.07) is 13.2. The second kappa shape index (κ2) is 6.05. The van der Waals surface area contributed by atoms with Gasteiger partial charge in [0.2, 0.25) is 0 Å². The highest BCUT2D eigenvalue weighted by atomic mass is 32.2. The maximum absolute atomic E-state index is 11.3. The van der Waals surface area contributed by atoms with E-state index in [1.165, 1.54) is 33.8 Å². The zero-order valence-electron chi connectivity index (χ0n) is 14.9. The van der Waals surface area contributed by atoms with Crippen molar-refractivity contribution in [3.05, 3.63) is 59.2 Å². The van der Waals surface area contributed by atoms with Gasteiger partial charge in [0.25, 0.3) is 0 Å². The molecule has 25 heavy (non-hydrogen) atoms. The molecule has 2 heteroatoms. The van der Waals surface area contributed by atoms with E-state index in [4.69, 9.17) is 0 Å². The molecule has 0 N–H and O–H groups in total. The second-order valence-corrected chi connectivity index (χ2v) is 8.80. The Bertz CT molecular complexity index is 929. The van der Waals surface area contributed by atoms with Crippen LogP contribution in [0.2, 0.25) is 0 Å². The van der Waals surface area contributed by atoms with E-state index in [0.717, 1.165) is 16.7 Å². The van der Waals surface area contributed by atoms with Crippen LogP contribution in [0.25, 0.3) is 22.8 Å². The van der Waals surface area contributed by atoms with Crippen LogP contribution in [-0.2, 0) is 10.2 Å². The predicted molar refractivity (Wildman–Crippen MR) is 108 cm³/mol. The number of benzene rings is 2. The second-order valence-electron chi connectivity index (χ2n) is 7.66. The van der Waals surface area contributed by atoms with E-state index in [2.05, 4.69) is 68.3 Å². The third-order valence-electron chi connectivity index (χ3n) is 5.50. The molecule has 126 valence electrons. The Hall–Kier alpha value is -2.02. The van der Waals surface area contributed by atoms with Crippen LogP contribution >= 0.6 is 11.8 Å². The van der Waals surface area contributed by atoms with Gasteiger partial charge < -0.3 is 0 Å². The molecule has 0 radical (unpaired) electrons. The highest BCUT2D eigenvalue weighted by molar-refractivity contribution is 7.99. The van der Waals surface area contributed by atoms with Gasteiger partial charge >= 0.3 is 0 Å². The first-order chi connectivity index (χ1) is 12.0. The Morgan fingerprint density at radius 1 is 1.12 bits per heavy atom. The van der Waals surface area contributed by atoms with Crippen LogP contribution in [0.3, 0.4) is 0 Å². The van der Waals surface area contributed by atoms with Crippen LogP contribution in [0.5, 0.6) is 0 Å². The molecule has 0 fully saturated rings. The van der Waals surface area contributed by atoms with E-state index in [-0.39, 0.29) is 11.3 Å². The van der Waals surface area contributed by atoms with Crippen LogP contribution in [0.1, 0.15) is 43.9 Å². The van der Waals surface area contributed by atoms with E-state index >= 15 is 0 Å². The number of allylic oxidation sites excluding steroid dienone is 2. The minimum atomic E-state index is 0.136. The number of hydrogen-bond donors (Lipinski definition) is 0. The van der Waals surface area contributed by atoms with Crippen LogP contribution in [0.4, 0.5) is 0 Å². The molecule has 2 aromatic rings. The molecule has 0 spiro atoms. The van der Waals surface area contributed by atoms with Crippen molar-refractivity contribution in [1.29, 1.82) is 0 Å². The van der Waals surface area contributed by atoms with Crippen molar-refractivity contribution in [2.24, 2.45) is 5.92 Å². The average Bonchev–Trinajstić information content (AvgIpc) is 2.61. The Morgan fingerprint density at radius 2 is 1.88 bits per heavy atom. The third-order valence-corrected chi connectivity index (χ3v) is 6.57. The number of hydrogen-bond acceptors (Lipinski definition) is 2. The molecular weight excluding hydrogens is 324 g/mol. The molecule has 1 atom stereocenters. The SMILES string of the molecule is CC1C=Cc2cc(-c3ccc4c(c3)C(C)(C)CCS4)ccc2C1=C=O. The van der Waals surface area contributed by atoms with Crippen molar-refractivity contribution in [3.8, 4) is 11.1 Å².